The van der Waals surface area contributed by atoms with Crippen molar-refractivity contribution < 1.29 is 9.94 Å². The van der Waals surface area contributed by atoms with Crippen LogP contribution in [0.2, 0.25) is 0 Å². The first-order valence-corrected chi connectivity index (χ1v) is 13.6. The molecule has 4 aliphatic carbocycles. The standard InChI is InChI=1S/C29H48N2O2/c1-27-14-8-10-25(27)24-12-18-29(15-6-5-7-19-30-33-21-9-20-31(3)4)22-23(32)11-17-28(29,2)26(24)13-16-27/h5-7,15,19,23-26,32H,8-14,16-18,20-22H2,1-4H3/t23-,24-,25-,26-,27-,28+,29+/m0/s1. The summed E-state index contributed by atoms with van der Waals surface area (Å²) in [5.41, 5.74) is 1.05. The van der Waals surface area contributed by atoms with Crippen LogP contribution < -0.4 is 0 Å². The second-order valence-electron chi connectivity index (χ2n) is 12.5. The van der Waals surface area contributed by atoms with Crippen molar-refractivity contribution in [1.29, 1.82) is 0 Å². The maximum Gasteiger partial charge on any atom is 0.118 e. The van der Waals surface area contributed by atoms with E-state index < -0.39 is 0 Å². The molecular weight excluding hydrogens is 408 g/mol. The summed E-state index contributed by atoms with van der Waals surface area (Å²) in [4.78, 5) is 7.48. The van der Waals surface area contributed by atoms with Crippen LogP contribution in [0, 0.1) is 34.0 Å². The van der Waals surface area contributed by atoms with Crippen LogP contribution in [0.25, 0.3) is 0 Å². The number of allylic oxidation sites excluding steroid dienone is 4. The Morgan fingerprint density at radius 2 is 1.82 bits per heavy atom. The Morgan fingerprint density at radius 1 is 0.970 bits per heavy atom. The van der Waals surface area contributed by atoms with Gasteiger partial charge in [0.25, 0.3) is 0 Å². The lowest BCUT2D eigenvalue weighted by atomic mass is 9.40. The van der Waals surface area contributed by atoms with Gasteiger partial charge in [0.2, 0.25) is 0 Å². The van der Waals surface area contributed by atoms with Gasteiger partial charge in [0.05, 0.1) is 12.3 Å². The molecular formula is C29H48N2O2. The summed E-state index contributed by atoms with van der Waals surface area (Å²) in [7, 11) is 4.14. The predicted octanol–water partition coefficient (Wildman–Crippen LogP) is 6.22. The van der Waals surface area contributed by atoms with Crippen LogP contribution in [0.4, 0.5) is 0 Å². The Labute approximate surface area is 202 Å². The Balaban J connectivity index is 1.41. The second kappa shape index (κ2) is 10.2. The molecule has 0 amide bonds. The lowest BCUT2D eigenvalue weighted by Crippen LogP contribution is -2.58. The number of fused-ring (bicyclic) bond motifs is 5. The van der Waals surface area contributed by atoms with E-state index in [1.54, 1.807) is 6.21 Å². The normalized spacial score (nSPS) is 43.3. The van der Waals surface area contributed by atoms with Crippen molar-refractivity contribution in [2.45, 2.75) is 90.6 Å². The van der Waals surface area contributed by atoms with Gasteiger partial charge in [-0.3, -0.25) is 0 Å². The molecule has 4 heteroatoms. The largest absolute Gasteiger partial charge is 0.396 e. The van der Waals surface area contributed by atoms with Crippen LogP contribution in [0.1, 0.15) is 84.5 Å². The van der Waals surface area contributed by atoms with Crippen molar-refractivity contribution >= 4 is 6.21 Å². The number of hydrogen-bond donors (Lipinski definition) is 1. The molecule has 0 unspecified atom stereocenters. The molecule has 4 saturated carbocycles. The Morgan fingerprint density at radius 3 is 2.64 bits per heavy atom. The maximum absolute atomic E-state index is 10.7. The summed E-state index contributed by atoms with van der Waals surface area (Å²) >= 11 is 0. The maximum atomic E-state index is 10.7. The monoisotopic (exact) mass is 456 g/mol. The number of aliphatic hydroxyl groups is 1. The van der Waals surface area contributed by atoms with Gasteiger partial charge in [-0.25, -0.2) is 0 Å². The van der Waals surface area contributed by atoms with E-state index in [1.807, 2.05) is 6.08 Å². The summed E-state index contributed by atoms with van der Waals surface area (Å²) in [6.07, 6.45) is 24.2. The molecule has 4 nitrogen and oxygen atoms in total. The van der Waals surface area contributed by atoms with Crippen LogP contribution in [0.15, 0.2) is 29.5 Å². The second-order valence-corrected chi connectivity index (χ2v) is 12.5. The van der Waals surface area contributed by atoms with Crippen molar-refractivity contribution in [3.05, 3.63) is 24.3 Å². The SMILES string of the molecule is CN(C)CCCON=CC=CC=C[C@]12CC[C@H]3[C@@H]4CCC[C@@]4(C)CC[C@@H]3[C@@]1(C)CC[C@H](O)C2. The molecule has 0 aromatic rings. The molecule has 0 saturated heterocycles. The molecule has 0 bridgehead atoms. The molecule has 4 rings (SSSR count). The Bertz CT molecular complexity index is 746. The van der Waals surface area contributed by atoms with E-state index in [4.69, 9.17) is 4.84 Å². The molecule has 0 aliphatic heterocycles. The number of aliphatic hydroxyl groups excluding tert-OH is 1. The van der Waals surface area contributed by atoms with Crippen LogP contribution in [-0.4, -0.2) is 49.6 Å². The fraction of sp³-hybridized carbons (Fsp3) is 0.828. The van der Waals surface area contributed by atoms with E-state index in [2.05, 4.69) is 56.2 Å². The molecule has 33 heavy (non-hydrogen) atoms. The van der Waals surface area contributed by atoms with Crippen LogP contribution in [-0.2, 0) is 4.84 Å². The summed E-state index contributed by atoms with van der Waals surface area (Å²) in [5, 5.41) is 14.7. The highest BCUT2D eigenvalue weighted by atomic mass is 16.6. The van der Waals surface area contributed by atoms with E-state index in [1.165, 1.54) is 51.4 Å². The molecule has 0 aromatic heterocycles. The molecule has 4 fully saturated rings. The van der Waals surface area contributed by atoms with E-state index in [0.29, 0.717) is 17.4 Å². The minimum absolute atomic E-state index is 0.127. The van der Waals surface area contributed by atoms with Crippen molar-refractivity contribution in [1.82, 2.24) is 4.90 Å². The van der Waals surface area contributed by atoms with Crippen LogP contribution >= 0.6 is 0 Å². The highest BCUT2D eigenvalue weighted by Gasteiger charge is 2.62. The third-order valence-corrected chi connectivity index (χ3v) is 10.4. The first kappa shape index (κ1) is 25.0. The zero-order valence-electron chi connectivity index (χ0n) is 21.6. The fourth-order valence-electron chi connectivity index (χ4n) is 8.58. The van der Waals surface area contributed by atoms with Crippen LogP contribution in [0.5, 0.6) is 0 Å². The summed E-state index contributed by atoms with van der Waals surface area (Å²) in [6.45, 7) is 6.85. The fourth-order valence-corrected chi connectivity index (χ4v) is 8.58. The highest BCUT2D eigenvalue weighted by Crippen LogP contribution is 2.70. The van der Waals surface area contributed by atoms with E-state index in [-0.39, 0.29) is 11.5 Å². The van der Waals surface area contributed by atoms with Crippen LogP contribution in [0.3, 0.4) is 0 Å². The minimum Gasteiger partial charge on any atom is -0.396 e. The van der Waals surface area contributed by atoms with Gasteiger partial charge >= 0.3 is 0 Å². The lowest BCUT2D eigenvalue weighted by Gasteiger charge is -2.65. The quantitative estimate of drug-likeness (QED) is 0.204. The van der Waals surface area contributed by atoms with Gasteiger partial charge in [0.15, 0.2) is 0 Å². The molecule has 4 aliphatic rings. The molecule has 7 atom stereocenters. The molecule has 186 valence electrons. The van der Waals surface area contributed by atoms with Gasteiger partial charge in [0, 0.05) is 6.54 Å². The number of oxime groups is 1. The van der Waals surface area contributed by atoms with Crippen molar-refractivity contribution in [2.24, 2.45) is 39.2 Å². The number of hydrogen-bond acceptors (Lipinski definition) is 4. The van der Waals surface area contributed by atoms with E-state index in [9.17, 15) is 5.11 Å². The zero-order valence-corrected chi connectivity index (χ0v) is 21.6. The molecule has 0 aromatic carbocycles. The first-order chi connectivity index (χ1) is 15.8. The van der Waals surface area contributed by atoms with Gasteiger partial charge in [-0.2, -0.15) is 0 Å². The Hall–Kier alpha value is -1.13. The number of rotatable bonds is 8. The van der Waals surface area contributed by atoms with Crippen molar-refractivity contribution in [3.8, 4) is 0 Å². The molecule has 0 spiro atoms. The smallest absolute Gasteiger partial charge is 0.118 e. The van der Waals surface area contributed by atoms with Gasteiger partial charge in [-0.1, -0.05) is 43.7 Å². The molecule has 0 heterocycles. The highest BCUT2D eigenvalue weighted by molar-refractivity contribution is 5.70. The molecule has 1 N–H and O–H groups in total. The van der Waals surface area contributed by atoms with Gasteiger partial charge < -0.3 is 14.8 Å². The topological polar surface area (TPSA) is 45.1 Å². The van der Waals surface area contributed by atoms with Gasteiger partial charge in [-0.05, 0) is 118 Å². The van der Waals surface area contributed by atoms with E-state index in [0.717, 1.165) is 43.6 Å². The average molecular weight is 457 g/mol. The lowest BCUT2D eigenvalue weighted by molar-refractivity contribution is -0.153. The first-order valence-electron chi connectivity index (χ1n) is 13.6. The van der Waals surface area contributed by atoms with Crippen molar-refractivity contribution in [3.63, 3.8) is 0 Å². The third-order valence-electron chi connectivity index (χ3n) is 10.4. The Kier molecular flexibility index (Phi) is 7.75. The summed E-state index contributed by atoms with van der Waals surface area (Å²) in [5.74, 6) is 2.66. The van der Waals surface area contributed by atoms with Crippen molar-refractivity contribution in [2.75, 3.05) is 27.2 Å². The van der Waals surface area contributed by atoms with Gasteiger partial charge in [-0.15, -0.1) is 0 Å². The molecule has 0 radical (unpaired) electrons. The zero-order chi connectivity index (χ0) is 23.5. The van der Waals surface area contributed by atoms with E-state index >= 15 is 0 Å². The summed E-state index contributed by atoms with van der Waals surface area (Å²) < 4.78 is 0. The minimum atomic E-state index is -0.152. The predicted molar refractivity (Wildman–Crippen MR) is 137 cm³/mol. The average Bonchev–Trinajstić information content (AvgIpc) is 3.17. The number of nitrogens with zero attached hydrogens (tertiary/aromatic N) is 2. The summed E-state index contributed by atoms with van der Waals surface area (Å²) in [6, 6.07) is 0. The third kappa shape index (κ3) is 4.98. The van der Waals surface area contributed by atoms with Gasteiger partial charge in [0.1, 0.15) is 6.61 Å².